The highest BCUT2D eigenvalue weighted by atomic mass is 19.4. The third-order valence-electron chi connectivity index (χ3n) is 5.57. The Kier molecular flexibility index (Phi) is 7.48. The SMILES string of the molecule is CC(C)(C)c1cc(N2CCCN(CCCOc3nccc(=O)[nH]3)CC2)cc(C(F)(F)F)c1. The predicted molar refractivity (Wildman–Crippen MR) is 118 cm³/mol. The van der Waals surface area contributed by atoms with Gasteiger partial charge in [-0.15, -0.1) is 0 Å². The van der Waals surface area contributed by atoms with Gasteiger partial charge in [-0.05, 0) is 48.6 Å². The van der Waals surface area contributed by atoms with Gasteiger partial charge in [-0.3, -0.25) is 9.78 Å². The Balaban J connectivity index is 1.59. The Morgan fingerprint density at radius 1 is 1.06 bits per heavy atom. The number of rotatable bonds is 6. The van der Waals surface area contributed by atoms with Gasteiger partial charge in [-0.1, -0.05) is 20.8 Å². The number of ether oxygens (including phenoxy) is 1. The maximum atomic E-state index is 13.5. The number of nitrogens with one attached hydrogen (secondary N) is 1. The van der Waals surface area contributed by atoms with Crippen molar-refractivity contribution < 1.29 is 17.9 Å². The molecule has 0 saturated carbocycles. The Morgan fingerprint density at radius 3 is 2.50 bits per heavy atom. The molecule has 2 aromatic rings. The van der Waals surface area contributed by atoms with Crippen molar-refractivity contribution in [3.63, 3.8) is 0 Å². The van der Waals surface area contributed by atoms with Crippen LogP contribution in [0, 0.1) is 0 Å². The van der Waals surface area contributed by atoms with E-state index in [1.165, 1.54) is 24.4 Å². The summed E-state index contributed by atoms with van der Waals surface area (Å²) >= 11 is 0. The van der Waals surface area contributed by atoms with Gasteiger partial charge in [0, 0.05) is 44.1 Å². The lowest BCUT2D eigenvalue weighted by Crippen LogP contribution is -2.32. The van der Waals surface area contributed by atoms with Crippen molar-refractivity contribution in [2.75, 3.05) is 44.2 Å². The van der Waals surface area contributed by atoms with Crippen LogP contribution in [0.2, 0.25) is 0 Å². The Hall–Kier alpha value is -2.55. The number of hydrogen-bond donors (Lipinski definition) is 1. The van der Waals surface area contributed by atoms with Crippen LogP contribution >= 0.6 is 0 Å². The standard InChI is InChI=1S/C23H31F3N4O2/c1-22(2,3)17-14-18(23(24,25)26)16-19(15-17)30-10-4-8-29(11-12-30)9-5-13-32-21-27-7-6-20(31)28-21/h6-7,14-16H,4-5,8-13H2,1-3H3,(H,27,28,31). The highest BCUT2D eigenvalue weighted by Crippen LogP contribution is 2.36. The van der Waals surface area contributed by atoms with Gasteiger partial charge in [-0.25, -0.2) is 4.98 Å². The van der Waals surface area contributed by atoms with E-state index >= 15 is 0 Å². The third kappa shape index (κ3) is 6.72. The zero-order chi connectivity index (χ0) is 23.4. The van der Waals surface area contributed by atoms with E-state index < -0.39 is 11.7 Å². The summed E-state index contributed by atoms with van der Waals surface area (Å²) in [6.07, 6.45) is -1.34. The molecule has 0 radical (unpaired) electrons. The number of benzene rings is 1. The number of nitrogens with zero attached hydrogens (tertiary/aromatic N) is 3. The molecule has 0 spiro atoms. The number of aromatic amines is 1. The van der Waals surface area contributed by atoms with E-state index in [2.05, 4.69) is 19.8 Å². The van der Waals surface area contributed by atoms with Crippen molar-refractivity contribution >= 4 is 5.69 Å². The minimum Gasteiger partial charge on any atom is -0.465 e. The zero-order valence-corrected chi connectivity index (χ0v) is 18.8. The molecule has 1 aliphatic rings. The first-order chi connectivity index (χ1) is 15.0. The van der Waals surface area contributed by atoms with Crippen LogP contribution in [-0.2, 0) is 11.6 Å². The summed E-state index contributed by atoms with van der Waals surface area (Å²) in [6, 6.07) is 5.96. The van der Waals surface area contributed by atoms with Crippen LogP contribution in [0.15, 0.2) is 35.3 Å². The predicted octanol–water partition coefficient (Wildman–Crippen LogP) is 4.07. The molecule has 176 valence electrons. The Labute approximate surface area is 186 Å². The summed E-state index contributed by atoms with van der Waals surface area (Å²) in [4.78, 5) is 22.1. The first-order valence-electron chi connectivity index (χ1n) is 10.9. The molecule has 1 aromatic heterocycles. The molecule has 1 fully saturated rings. The number of hydrogen-bond acceptors (Lipinski definition) is 5. The molecule has 3 rings (SSSR count). The number of H-pyrrole nitrogens is 1. The van der Waals surface area contributed by atoms with Gasteiger partial charge >= 0.3 is 6.18 Å². The molecule has 32 heavy (non-hydrogen) atoms. The molecule has 0 bridgehead atoms. The minimum atomic E-state index is -4.37. The van der Waals surface area contributed by atoms with Crippen molar-refractivity contribution in [1.29, 1.82) is 0 Å². The second-order valence-electron chi connectivity index (χ2n) is 9.14. The van der Waals surface area contributed by atoms with Crippen LogP contribution in [0.1, 0.15) is 44.7 Å². The Morgan fingerprint density at radius 2 is 1.81 bits per heavy atom. The van der Waals surface area contributed by atoms with Crippen LogP contribution in [0.25, 0.3) is 0 Å². The second-order valence-corrected chi connectivity index (χ2v) is 9.14. The first kappa shape index (κ1) is 24.1. The average Bonchev–Trinajstić information content (AvgIpc) is 2.95. The van der Waals surface area contributed by atoms with Gasteiger partial charge in [0.25, 0.3) is 11.6 Å². The molecule has 2 heterocycles. The molecule has 1 N–H and O–H groups in total. The monoisotopic (exact) mass is 452 g/mol. The fourth-order valence-electron chi connectivity index (χ4n) is 3.73. The minimum absolute atomic E-state index is 0.207. The van der Waals surface area contributed by atoms with Gasteiger partial charge in [0.1, 0.15) is 0 Å². The van der Waals surface area contributed by atoms with Crippen molar-refractivity contribution in [1.82, 2.24) is 14.9 Å². The summed E-state index contributed by atoms with van der Waals surface area (Å²) in [5.74, 6) is 0. The summed E-state index contributed by atoms with van der Waals surface area (Å²) in [5, 5.41) is 0. The van der Waals surface area contributed by atoms with Crippen molar-refractivity contribution in [3.8, 4) is 6.01 Å². The van der Waals surface area contributed by atoms with E-state index in [0.29, 0.717) is 30.9 Å². The summed E-state index contributed by atoms with van der Waals surface area (Å²) in [7, 11) is 0. The maximum absolute atomic E-state index is 13.5. The lowest BCUT2D eigenvalue weighted by molar-refractivity contribution is -0.137. The second kappa shape index (κ2) is 9.94. The molecule has 6 nitrogen and oxygen atoms in total. The topological polar surface area (TPSA) is 61.5 Å². The van der Waals surface area contributed by atoms with E-state index in [1.807, 2.05) is 26.8 Å². The van der Waals surface area contributed by atoms with Gasteiger partial charge in [0.15, 0.2) is 0 Å². The van der Waals surface area contributed by atoms with Gasteiger partial charge in [0.05, 0.1) is 12.2 Å². The van der Waals surface area contributed by atoms with Crippen LogP contribution in [0.4, 0.5) is 18.9 Å². The fourth-order valence-corrected chi connectivity index (χ4v) is 3.73. The molecule has 1 saturated heterocycles. The Bertz CT molecular complexity index is 921. The quantitative estimate of drug-likeness (QED) is 0.670. The lowest BCUT2D eigenvalue weighted by Gasteiger charge is -2.28. The number of alkyl halides is 3. The first-order valence-corrected chi connectivity index (χ1v) is 10.9. The molecule has 0 atom stereocenters. The molecule has 0 unspecified atom stereocenters. The summed E-state index contributed by atoms with van der Waals surface area (Å²) in [6.45, 7) is 10.0. The highest BCUT2D eigenvalue weighted by Gasteiger charge is 2.33. The van der Waals surface area contributed by atoms with Crippen LogP contribution in [0.3, 0.4) is 0 Å². The van der Waals surface area contributed by atoms with Crippen LogP contribution < -0.4 is 15.2 Å². The normalized spacial score (nSPS) is 16.1. The molecule has 0 aliphatic carbocycles. The molecular weight excluding hydrogens is 421 g/mol. The van der Waals surface area contributed by atoms with Crippen molar-refractivity contribution in [2.45, 2.75) is 45.2 Å². The number of anilines is 1. The van der Waals surface area contributed by atoms with Gasteiger partial charge in [-0.2, -0.15) is 13.2 Å². The largest absolute Gasteiger partial charge is 0.465 e. The maximum Gasteiger partial charge on any atom is 0.416 e. The lowest BCUT2D eigenvalue weighted by atomic mass is 9.85. The van der Waals surface area contributed by atoms with Crippen LogP contribution in [0.5, 0.6) is 6.01 Å². The molecule has 1 aliphatic heterocycles. The van der Waals surface area contributed by atoms with E-state index in [-0.39, 0.29) is 17.0 Å². The van der Waals surface area contributed by atoms with Crippen molar-refractivity contribution in [2.24, 2.45) is 0 Å². The van der Waals surface area contributed by atoms with Gasteiger partial charge in [0.2, 0.25) is 0 Å². The van der Waals surface area contributed by atoms with Gasteiger partial charge < -0.3 is 14.5 Å². The fraction of sp³-hybridized carbons (Fsp3) is 0.565. The molecule has 0 amide bonds. The summed E-state index contributed by atoms with van der Waals surface area (Å²) < 4.78 is 46.0. The number of halogens is 3. The van der Waals surface area contributed by atoms with E-state index in [9.17, 15) is 18.0 Å². The third-order valence-corrected chi connectivity index (χ3v) is 5.57. The van der Waals surface area contributed by atoms with E-state index in [4.69, 9.17) is 4.74 Å². The molecule has 1 aromatic carbocycles. The number of aromatic nitrogens is 2. The molecular formula is C23H31F3N4O2. The van der Waals surface area contributed by atoms with E-state index in [1.54, 1.807) is 0 Å². The zero-order valence-electron chi connectivity index (χ0n) is 18.8. The molecule has 9 heteroatoms. The van der Waals surface area contributed by atoms with E-state index in [0.717, 1.165) is 32.5 Å². The highest BCUT2D eigenvalue weighted by molar-refractivity contribution is 5.53. The van der Waals surface area contributed by atoms with Crippen LogP contribution in [-0.4, -0.2) is 54.2 Å². The summed E-state index contributed by atoms with van der Waals surface area (Å²) in [5.41, 5.74) is 0.103. The van der Waals surface area contributed by atoms with Crippen molar-refractivity contribution in [3.05, 3.63) is 51.9 Å². The average molecular weight is 453 g/mol. The smallest absolute Gasteiger partial charge is 0.416 e.